The number of benzene rings is 2. The van der Waals surface area contributed by atoms with Crippen molar-refractivity contribution in [3.8, 4) is 0 Å². The maximum atomic E-state index is 13.2. The Morgan fingerprint density at radius 3 is 2.62 bits per heavy atom. The Bertz CT molecular complexity index is 1270. The van der Waals surface area contributed by atoms with E-state index in [1.54, 1.807) is 31.4 Å². The topological polar surface area (TPSA) is 98.5 Å². The molecule has 0 aliphatic rings. The van der Waals surface area contributed by atoms with Crippen molar-refractivity contribution in [3.63, 3.8) is 0 Å². The Balaban J connectivity index is 1.86. The molecule has 0 aliphatic heterocycles. The van der Waals surface area contributed by atoms with Gasteiger partial charge in [0, 0.05) is 25.6 Å². The molecule has 0 fully saturated rings. The number of hydrogen-bond acceptors (Lipinski definition) is 7. The van der Waals surface area contributed by atoms with E-state index in [2.05, 4.69) is 20.6 Å². The predicted octanol–water partition coefficient (Wildman–Crippen LogP) is 2.87. The van der Waals surface area contributed by atoms with Crippen LogP contribution in [0, 0.1) is 6.92 Å². The molecule has 0 aliphatic carbocycles. The van der Waals surface area contributed by atoms with Crippen LogP contribution < -0.4 is 5.32 Å². The molecule has 2 aromatic heterocycles. The molecular weight excluding hydrogens is 390 g/mol. The van der Waals surface area contributed by atoms with Gasteiger partial charge in [-0.05, 0) is 37.6 Å². The maximum absolute atomic E-state index is 13.2. The SMILES string of the molecule is COCCCNc1nc2c(S(=O)(=O)c3ccc(C)cc3)nnn2c2ccccc12. The van der Waals surface area contributed by atoms with Gasteiger partial charge in [-0.15, -0.1) is 5.10 Å². The summed E-state index contributed by atoms with van der Waals surface area (Å²) in [7, 11) is -2.21. The second-order valence-corrected chi connectivity index (χ2v) is 8.56. The van der Waals surface area contributed by atoms with Crippen molar-refractivity contribution < 1.29 is 13.2 Å². The van der Waals surface area contributed by atoms with E-state index in [-0.39, 0.29) is 15.6 Å². The predicted molar refractivity (Wildman–Crippen MR) is 110 cm³/mol. The molecule has 0 bridgehead atoms. The fourth-order valence-electron chi connectivity index (χ4n) is 3.11. The molecule has 0 amide bonds. The molecule has 4 rings (SSSR count). The number of ether oxygens (including phenoxy) is 1. The lowest BCUT2D eigenvalue weighted by atomic mass is 10.2. The third-order valence-electron chi connectivity index (χ3n) is 4.63. The smallest absolute Gasteiger partial charge is 0.229 e. The molecule has 4 aromatic rings. The lowest BCUT2D eigenvalue weighted by Crippen LogP contribution is -2.09. The second kappa shape index (κ2) is 7.76. The molecule has 29 heavy (non-hydrogen) atoms. The van der Waals surface area contributed by atoms with E-state index in [0.29, 0.717) is 19.0 Å². The average Bonchev–Trinajstić information content (AvgIpc) is 3.16. The minimum absolute atomic E-state index is 0.160. The number of fused-ring (bicyclic) bond motifs is 3. The summed E-state index contributed by atoms with van der Waals surface area (Å²) in [6, 6.07) is 14.2. The number of aromatic nitrogens is 4. The van der Waals surface area contributed by atoms with E-state index in [0.717, 1.165) is 22.9 Å². The summed E-state index contributed by atoms with van der Waals surface area (Å²) in [6.07, 6.45) is 0.795. The van der Waals surface area contributed by atoms with Crippen LogP contribution in [0.4, 0.5) is 5.82 Å². The van der Waals surface area contributed by atoms with Crippen LogP contribution in [0.15, 0.2) is 58.5 Å². The normalized spacial score (nSPS) is 11.9. The van der Waals surface area contributed by atoms with E-state index in [9.17, 15) is 8.42 Å². The lowest BCUT2D eigenvalue weighted by molar-refractivity contribution is 0.198. The highest BCUT2D eigenvalue weighted by Gasteiger charge is 2.27. The molecule has 0 spiro atoms. The van der Waals surface area contributed by atoms with Crippen molar-refractivity contribution in [2.24, 2.45) is 0 Å². The maximum Gasteiger partial charge on any atom is 0.229 e. The summed E-state index contributed by atoms with van der Waals surface area (Å²) in [6.45, 7) is 3.16. The average molecular weight is 411 g/mol. The standard InChI is InChI=1S/C20H21N5O3S/c1-14-8-10-15(11-9-14)29(26,27)20-19-22-18(21-12-5-13-28-2)16-6-3-4-7-17(16)25(19)24-23-20/h3-4,6-11H,5,12-13H2,1-2H3,(H,21,22). The van der Waals surface area contributed by atoms with Crippen molar-refractivity contribution in [1.82, 2.24) is 19.8 Å². The molecule has 2 aromatic carbocycles. The van der Waals surface area contributed by atoms with E-state index in [4.69, 9.17) is 4.74 Å². The van der Waals surface area contributed by atoms with Crippen LogP contribution in [-0.2, 0) is 14.6 Å². The zero-order chi connectivity index (χ0) is 20.4. The van der Waals surface area contributed by atoms with Crippen molar-refractivity contribution in [1.29, 1.82) is 0 Å². The van der Waals surface area contributed by atoms with Crippen LogP contribution in [0.2, 0.25) is 0 Å². The summed E-state index contributed by atoms with van der Waals surface area (Å²) in [5.74, 6) is 0.590. The first-order chi connectivity index (χ1) is 14.0. The van der Waals surface area contributed by atoms with Crippen LogP contribution in [-0.4, -0.2) is 48.5 Å². The molecule has 2 heterocycles. The van der Waals surface area contributed by atoms with Crippen molar-refractivity contribution in [3.05, 3.63) is 54.1 Å². The number of sulfone groups is 1. The summed E-state index contributed by atoms with van der Waals surface area (Å²) in [5.41, 5.74) is 1.89. The molecule has 9 heteroatoms. The Morgan fingerprint density at radius 1 is 1.10 bits per heavy atom. The molecule has 0 saturated carbocycles. The number of aryl methyl sites for hydroxylation is 1. The number of anilines is 1. The fraction of sp³-hybridized carbons (Fsp3) is 0.250. The molecule has 0 unspecified atom stereocenters. The van der Waals surface area contributed by atoms with Gasteiger partial charge in [0.15, 0.2) is 5.65 Å². The Hall–Kier alpha value is -3.04. The summed E-state index contributed by atoms with van der Waals surface area (Å²) < 4.78 is 32.9. The number of nitrogens with zero attached hydrogens (tertiary/aromatic N) is 4. The summed E-state index contributed by atoms with van der Waals surface area (Å²) in [4.78, 5) is 4.74. The van der Waals surface area contributed by atoms with Crippen molar-refractivity contribution in [2.75, 3.05) is 25.6 Å². The zero-order valence-corrected chi connectivity index (χ0v) is 17.0. The summed E-state index contributed by atoms with van der Waals surface area (Å²) in [5, 5.41) is 12.0. The van der Waals surface area contributed by atoms with Crippen LogP contribution >= 0.6 is 0 Å². The third-order valence-corrected chi connectivity index (χ3v) is 6.29. The molecule has 1 N–H and O–H groups in total. The zero-order valence-electron chi connectivity index (χ0n) is 16.2. The summed E-state index contributed by atoms with van der Waals surface area (Å²) >= 11 is 0. The van der Waals surface area contributed by atoms with Gasteiger partial charge in [-0.1, -0.05) is 35.0 Å². The molecule has 150 valence electrons. The lowest BCUT2D eigenvalue weighted by Gasteiger charge is -2.10. The van der Waals surface area contributed by atoms with Gasteiger partial charge < -0.3 is 10.1 Å². The minimum atomic E-state index is -3.86. The minimum Gasteiger partial charge on any atom is -0.385 e. The van der Waals surface area contributed by atoms with E-state index in [1.165, 1.54) is 4.52 Å². The Kier molecular flexibility index (Phi) is 5.16. The highest BCUT2D eigenvalue weighted by molar-refractivity contribution is 7.91. The fourth-order valence-corrected chi connectivity index (χ4v) is 4.34. The quantitative estimate of drug-likeness (QED) is 0.467. The van der Waals surface area contributed by atoms with Gasteiger partial charge in [0.05, 0.1) is 10.4 Å². The van der Waals surface area contributed by atoms with Gasteiger partial charge in [0.2, 0.25) is 14.9 Å². The van der Waals surface area contributed by atoms with Gasteiger partial charge in [-0.2, -0.15) is 4.52 Å². The number of methoxy groups -OCH3 is 1. The monoisotopic (exact) mass is 411 g/mol. The number of rotatable bonds is 7. The first kappa shape index (κ1) is 19.3. The van der Waals surface area contributed by atoms with Crippen LogP contribution in [0.25, 0.3) is 16.6 Å². The van der Waals surface area contributed by atoms with E-state index < -0.39 is 9.84 Å². The molecule has 0 atom stereocenters. The first-order valence-electron chi connectivity index (χ1n) is 9.21. The van der Waals surface area contributed by atoms with Gasteiger partial charge in [-0.25, -0.2) is 13.4 Å². The van der Waals surface area contributed by atoms with Crippen molar-refractivity contribution >= 4 is 32.2 Å². The van der Waals surface area contributed by atoms with Gasteiger partial charge in [0.25, 0.3) is 0 Å². The molecule has 0 saturated heterocycles. The van der Waals surface area contributed by atoms with E-state index in [1.807, 2.05) is 31.2 Å². The molecular formula is C20H21N5O3S. The van der Waals surface area contributed by atoms with Crippen LogP contribution in [0.1, 0.15) is 12.0 Å². The first-order valence-corrected chi connectivity index (χ1v) is 10.7. The number of para-hydroxylation sites is 1. The number of hydrogen-bond donors (Lipinski definition) is 1. The third kappa shape index (κ3) is 3.54. The van der Waals surface area contributed by atoms with Gasteiger partial charge >= 0.3 is 0 Å². The van der Waals surface area contributed by atoms with E-state index >= 15 is 0 Å². The molecule has 8 nitrogen and oxygen atoms in total. The molecule has 0 radical (unpaired) electrons. The largest absolute Gasteiger partial charge is 0.385 e. The van der Waals surface area contributed by atoms with Gasteiger partial charge in [-0.3, -0.25) is 0 Å². The van der Waals surface area contributed by atoms with Crippen LogP contribution in [0.5, 0.6) is 0 Å². The highest BCUT2D eigenvalue weighted by atomic mass is 32.2. The Labute approximate surface area is 168 Å². The van der Waals surface area contributed by atoms with Gasteiger partial charge in [0.1, 0.15) is 5.82 Å². The highest BCUT2D eigenvalue weighted by Crippen LogP contribution is 2.28. The van der Waals surface area contributed by atoms with Crippen molar-refractivity contribution in [2.45, 2.75) is 23.3 Å². The van der Waals surface area contributed by atoms with Crippen LogP contribution in [0.3, 0.4) is 0 Å². The number of nitrogens with one attached hydrogen (secondary N) is 1. The second-order valence-electron chi connectivity index (χ2n) is 6.70. The Morgan fingerprint density at radius 2 is 1.86 bits per heavy atom.